The zero-order valence-electron chi connectivity index (χ0n) is 20.8. The number of aryl methyl sites for hydroxylation is 1. The van der Waals surface area contributed by atoms with Crippen molar-refractivity contribution in [1.29, 1.82) is 0 Å². The first kappa shape index (κ1) is 22.6. The third-order valence-corrected chi connectivity index (χ3v) is 8.49. The maximum absolute atomic E-state index is 13.5. The zero-order chi connectivity index (χ0) is 24.1. The summed E-state index contributed by atoms with van der Waals surface area (Å²) in [7, 11) is 0. The number of aromatic nitrogens is 2. The molecule has 4 aliphatic heterocycles. The summed E-state index contributed by atoms with van der Waals surface area (Å²) in [4.78, 5) is 33.0. The van der Waals surface area contributed by atoms with Crippen LogP contribution in [0.4, 0.5) is 5.69 Å². The number of fused-ring (bicyclic) bond motifs is 4. The Bertz CT molecular complexity index is 1140. The van der Waals surface area contributed by atoms with E-state index in [-0.39, 0.29) is 30.5 Å². The van der Waals surface area contributed by atoms with Gasteiger partial charge in [0.25, 0.3) is 5.91 Å². The first-order valence-electron chi connectivity index (χ1n) is 13.1. The van der Waals surface area contributed by atoms with Crippen LogP contribution in [0.15, 0.2) is 18.2 Å². The number of rotatable bonds is 4. The molecule has 0 spiro atoms. The number of carbonyl (C=O) groups is 2. The normalized spacial score (nSPS) is 23.7. The molecule has 8 nitrogen and oxygen atoms in total. The Kier molecular flexibility index (Phi) is 5.79. The quantitative estimate of drug-likeness (QED) is 0.676. The van der Waals surface area contributed by atoms with Crippen LogP contribution >= 0.6 is 0 Å². The highest BCUT2D eigenvalue weighted by Gasteiger charge is 2.40. The Hall–Kier alpha value is -2.87. The highest BCUT2D eigenvalue weighted by Crippen LogP contribution is 2.31. The lowest BCUT2D eigenvalue weighted by Gasteiger charge is -2.44. The molecule has 5 heterocycles. The third-order valence-electron chi connectivity index (χ3n) is 8.49. The van der Waals surface area contributed by atoms with Crippen molar-refractivity contribution in [3.63, 3.8) is 0 Å². The van der Waals surface area contributed by atoms with E-state index in [1.165, 1.54) is 16.8 Å². The van der Waals surface area contributed by atoms with Crippen LogP contribution in [0.25, 0.3) is 0 Å². The maximum Gasteiger partial charge on any atom is 0.275 e. The van der Waals surface area contributed by atoms with Crippen molar-refractivity contribution in [1.82, 2.24) is 19.6 Å². The topological polar surface area (TPSA) is 70.9 Å². The van der Waals surface area contributed by atoms with Gasteiger partial charge in [-0.25, -0.2) is 0 Å². The van der Waals surface area contributed by atoms with Gasteiger partial charge in [-0.3, -0.25) is 14.3 Å². The molecule has 2 amide bonds. The van der Waals surface area contributed by atoms with Gasteiger partial charge in [-0.2, -0.15) is 5.10 Å². The zero-order valence-corrected chi connectivity index (χ0v) is 20.8. The largest absolute Gasteiger partial charge is 0.374 e. The molecule has 186 valence electrons. The van der Waals surface area contributed by atoms with Gasteiger partial charge in [0, 0.05) is 49.7 Å². The van der Waals surface area contributed by atoms with Crippen LogP contribution in [0, 0.1) is 13.8 Å². The van der Waals surface area contributed by atoms with E-state index in [1.807, 2.05) is 14.5 Å². The summed E-state index contributed by atoms with van der Waals surface area (Å²) in [6.07, 6.45) is 4.97. The summed E-state index contributed by atoms with van der Waals surface area (Å²) in [6, 6.07) is 6.58. The van der Waals surface area contributed by atoms with E-state index < -0.39 is 0 Å². The predicted molar refractivity (Wildman–Crippen MR) is 133 cm³/mol. The highest BCUT2D eigenvalue weighted by molar-refractivity contribution is 5.94. The van der Waals surface area contributed by atoms with Crippen LogP contribution in [0.3, 0.4) is 0 Å². The number of amides is 2. The molecular formula is C27H35N5O3. The Morgan fingerprint density at radius 1 is 1.09 bits per heavy atom. The molecule has 1 aromatic carbocycles. The van der Waals surface area contributed by atoms with Gasteiger partial charge in [0.05, 0.1) is 18.8 Å². The summed E-state index contributed by atoms with van der Waals surface area (Å²) < 4.78 is 7.61. The fraction of sp³-hybridized carbons (Fsp3) is 0.593. The first-order chi connectivity index (χ1) is 17.0. The molecule has 2 atom stereocenters. The van der Waals surface area contributed by atoms with Gasteiger partial charge >= 0.3 is 0 Å². The van der Waals surface area contributed by atoms with E-state index in [2.05, 4.69) is 36.9 Å². The van der Waals surface area contributed by atoms with E-state index >= 15 is 0 Å². The number of nitrogens with zero attached hydrogens (tertiary/aromatic N) is 5. The molecule has 2 unspecified atom stereocenters. The lowest BCUT2D eigenvalue weighted by molar-refractivity contribution is -0.132. The minimum atomic E-state index is 0.0227. The van der Waals surface area contributed by atoms with Crippen molar-refractivity contribution < 1.29 is 14.3 Å². The smallest absolute Gasteiger partial charge is 0.275 e. The van der Waals surface area contributed by atoms with E-state index in [1.54, 1.807) is 0 Å². The molecular weight excluding hydrogens is 442 g/mol. The number of piperazine rings is 1. The SMILES string of the molecule is Cc1cccc(N2CCN(C(=O)Cn3nc(C(=O)N4CC5CCC4CO5)c4c3CCC4)CC2)c1C. The molecule has 0 radical (unpaired) electrons. The van der Waals surface area contributed by atoms with Gasteiger partial charge in [-0.15, -0.1) is 0 Å². The number of hydrogen-bond acceptors (Lipinski definition) is 5. The van der Waals surface area contributed by atoms with Crippen LogP contribution in [-0.2, 0) is 28.9 Å². The molecule has 0 N–H and O–H groups in total. The van der Waals surface area contributed by atoms with E-state index in [0.717, 1.165) is 56.5 Å². The fourth-order valence-corrected chi connectivity index (χ4v) is 6.25. The average Bonchev–Trinajstić information content (AvgIpc) is 3.50. The Morgan fingerprint density at radius 2 is 1.91 bits per heavy atom. The molecule has 5 aliphatic rings. The fourth-order valence-electron chi connectivity index (χ4n) is 6.25. The number of ether oxygens (including phenoxy) is 1. The van der Waals surface area contributed by atoms with Crippen molar-refractivity contribution in [3.8, 4) is 0 Å². The average molecular weight is 478 g/mol. The number of piperidine rings is 1. The van der Waals surface area contributed by atoms with Crippen molar-refractivity contribution in [3.05, 3.63) is 46.3 Å². The molecule has 1 aromatic heterocycles. The number of benzene rings is 1. The number of morpholine rings is 1. The molecule has 7 rings (SSSR count). The van der Waals surface area contributed by atoms with Crippen LogP contribution in [-0.4, -0.2) is 82.9 Å². The lowest BCUT2D eigenvalue weighted by atomic mass is 9.96. The van der Waals surface area contributed by atoms with E-state index in [0.29, 0.717) is 31.9 Å². The Balaban J connectivity index is 1.14. The molecule has 35 heavy (non-hydrogen) atoms. The standard InChI is InChI=1S/C27H35N5O3/c1-18-5-3-7-23(19(18)2)29-11-13-30(14-12-29)25(33)16-32-24-8-4-6-22(24)26(28-32)27(34)31-15-21-10-9-20(31)17-35-21/h3,5,7,20-21H,4,6,8-17H2,1-2H3. The van der Waals surface area contributed by atoms with Crippen molar-refractivity contribution >= 4 is 17.5 Å². The van der Waals surface area contributed by atoms with Crippen molar-refractivity contribution in [2.75, 3.05) is 44.2 Å². The van der Waals surface area contributed by atoms with Crippen LogP contribution in [0.5, 0.6) is 0 Å². The molecule has 4 saturated heterocycles. The first-order valence-corrected chi connectivity index (χ1v) is 13.1. The number of carbonyl (C=O) groups excluding carboxylic acids is 2. The van der Waals surface area contributed by atoms with Gasteiger partial charge in [0.1, 0.15) is 6.54 Å². The van der Waals surface area contributed by atoms with Gasteiger partial charge in [-0.05, 0) is 63.1 Å². The Morgan fingerprint density at radius 3 is 2.63 bits per heavy atom. The van der Waals surface area contributed by atoms with Gasteiger partial charge in [0.2, 0.25) is 5.91 Å². The molecule has 1 aliphatic carbocycles. The lowest BCUT2D eigenvalue weighted by Crippen LogP contribution is -2.56. The van der Waals surface area contributed by atoms with Crippen LogP contribution < -0.4 is 4.90 Å². The molecule has 4 fully saturated rings. The highest BCUT2D eigenvalue weighted by atomic mass is 16.5. The molecule has 2 bridgehead atoms. The minimum absolute atomic E-state index is 0.0227. The molecule has 8 heteroatoms. The van der Waals surface area contributed by atoms with E-state index in [9.17, 15) is 9.59 Å². The van der Waals surface area contributed by atoms with Gasteiger partial charge in [0.15, 0.2) is 5.69 Å². The monoisotopic (exact) mass is 477 g/mol. The summed E-state index contributed by atoms with van der Waals surface area (Å²) in [5, 5.41) is 4.74. The minimum Gasteiger partial charge on any atom is -0.374 e. The van der Waals surface area contributed by atoms with Crippen LogP contribution in [0.2, 0.25) is 0 Å². The predicted octanol–water partition coefficient (Wildman–Crippen LogP) is 2.34. The number of hydrogen-bond donors (Lipinski definition) is 0. The van der Waals surface area contributed by atoms with E-state index in [4.69, 9.17) is 9.84 Å². The van der Waals surface area contributed by atoms with Crippen molar-refractivity contribution in [2.45, 2.75) is 64.6 Å². The molecule has 2 aromatic rings. The third kappa shape index (κ3) is 4.01. The van der Waals surface area contributed by atoms with Gasteiger partial charge < -0.3 is 19.4 Å². The second-order valence-corrected chi connectivity index (χ2v) is 10.5. The second-order valence-electron chi connectivity index (χ2n) is 10.5. The molecule has 0 saturated carbocycles. The maximum atomic E-state index is 13.5. The summed E-state index contributed by atoms with van der Waals surface area (Å²) >= 11 is 0. The summed E-state index contributed by atoms with van der Waals surface area (Å²) in [5.41, 5.74) is 6.58. The second kappa shape index (κ2) is 8.97. The van der Waals surface area contributed by atoms with Crippen molar-refractivity contribution in [2.24, 2.45) is 0 Å². The van der Waals surface area contributed by atoms with Crippen LogP contribution in [0.1, 0.15) is 52.1 Å². The number of anilines is 1. The summed E-state index contributed by atoms with van der Waals surface area (Å²) in [5.74, 6) is 0.113. The Labute approximate surface area is 206 Å². The van der Waals surface area contributed by atoms with Gasteiger partial charge in [-0.1, -0.05) is 12.1 Å². The summed E-state index contributed by atoms with van der Waals surface area (Å²) in [6.45, 7) is 8.89.